The van der Waals surface area contributed by atoms with Gasteiger partial charge in [-0.3, -0.25) is 9.36 Å². The van der Waals surface area contributed by atoms with Gasteiger partial charge in [-0.2, -0.15) is 0 Å². The van der Waals surface area contributed by atoms with Crippen LogP contribution in [0.4, 0.5) is 0 Å². The van der Waals surface area contributed by atoms with E-state index >= 15 is 0 Å². The molecule has 8 nitrogen and oxygen atoms in total. The Morgan fingerprint density at radius 2 is 1.04 bits per heavy atom. The topological polar surface area (TPSA) is 108 Å². The van der Waals surface area contributed by atoms with Crippen molar-refractivity contribution in [3.8, 4) is 0 Å². The van der Waals surface area contributed by atoms with Gasteiger partial charge in [0.25, 0.3) is 7.82 Å². The summed E-state index contributed by atoms with van der Waals surface area (Å²) < 4.78 is 23.3. The van der Waals surface area contributed by atoms with Gasteiger partial charge >= 0.3 is 0 Å². The van der Waals surface area contributed by atoms with Gasteiger partial charge in [0, 0.05) is 6.42 Å². The first kappa shape index (κ1) is 52.2. The van der Waals surface area contributed by atoms with Gasteiger partial charge < -0.3 is 28.8 Å². The molecule has 0 spiro atoms. The fourth-order valence-corrected chi connectivity index (χ4v) is 7.35. The molecule has 0 saturated carbocycles. The van der Waals surface area contributed by atoms with E-state index in [9.17, 15) is 19.4 Å². The average molecular weight is 773 g/mol. The normalized spacial score (nSPS) is 14.5. The molecule has 0 aliphatic heterocycles. The second-order valence-corrected chi connectivity index (χ2v) is 18.2. The highest BCUT2D eigenvalue weighted by molar-refractivity contribution is 7.45. The van der Waals surface area contributed by atoms with E-state index in [1.165, 1.54) is 135 Å². The zero-order valence-electron chi connectivity index (χ0n) is 35.7. The number of carbonyl (C=O) groups excluding carboxylic acids is 1. The van der Waals surface area contributed by atoms with Gasteiger partial charge in [-0.05, 0) is 38.5 Å². The third kappa shape index (κ3) is 39.3. The van der Waals surface area contributed by atoms with Crippen molar-refractivity contribution >= 4 is 13.7 Å². The SMILES string of the molecule is CCCCCCCCC/C=C\CCCCCCCC(=O)NC(COP(=O)([O-])OCC[N+](C)(C)C)C(O)CCCCCCCCCCCCCCCCC. The summed E-state index contributed by atoms with van der Waals surface area (Å²) in [5, 5.41) is 13.9. The van der Waals surface area contributed by atoms with Crippen LogP contribution in [-0.4, -0.2) is 68.5 Å². The van der Waals surface area contributed by atoms with Gasteiger partial charge in [-0.25, -0.2) is 0 Å². The third-order valence-corrected chi connectivity index (χ3v) is 11.2. The van der Waals surface area contributed by atoms with Gasteiger partial charge in [0.1, 0.15) is 13.2 Å². The van der Waals surface area contributed by atoms with E-state index in [1.807, 2.05) is 21.1 Å². The standard InChI is InChI=1S/C44H89N2O6P/c1-6-8-10-12-14-16-18-20-22-24-26-28-30-32-34-36-38-44(48)45-42(41-52-53(49,50)51-40-39-46(3,4)5)43(47)37-35-33-31-29-27-25-23-21-19-17-15-13-11-9-7-2/h22,24,42-43,47H,6-21,23,25-41H2,1-5H3,(H-,45,48,49,50)/b24-22-. The molecule has 316 valence electrons. The van der Waals surface area contributed by atoms with Crippen molar-refractivity contribution < 1.29 is 32.9 Å². The van der Waals surface area contributed by atoms with E-state index in [2.05, 4.69) is 31.3 Å². The Morgan fingerprint density at radius 1 is 0.642 bits per heavy atom. The molecule has 53 heavy (non-hydrogen) atoms. The summed E-state index contributed by atoms with van der Waals surface area (Å²) in [7, 11) is 1.30. The Bertz CT molecular complexity index is 880. The van der Waals surface area contributed by atoms with Crippen LogP contribution in [0.25, 0.3) is 0 Å². The number of allylic oxidation sites excluding steroid dienone is 2. The van der Waals surface area contributed by atoms with Crippen LogP contribution in [0.1, 0.15) is 213 Å². The summed E-state index contributed by atoms with van der Waals surface area (Å²) in [4.78, 5) is 25.3. The van der Waals surface area contributed by atoms with Crippen LogP contribution < -0.4 is 10.2 Å². The number of nitrogens with one attached hydrogen (secondary N) is 1. The maximum atomic E-state index is 12.9. The Kier molecular flexibility index (Phi) is 36.3. The molecule has 9 heteroatoms. The number of nitrogens with zero attached hydrogens (tertiary/aromatic N) is 1. The van der Waals surface area contributed by atoms with Crippen LogP contribution in [0.15, 0.2) is 12.2 Å². The van der Waals surface area contributed by atoms with E-state index < -0.39 is 20.0 Å². The number of quaternary nitrogens is 1. The number of likely N-dealkylation sites (N-methyl/N-ethyl adjacent to an activating group) is 1. The molecule has 0 aromatic heterocycles. The summed E-state index contributed by atoms with van der Waals surface area (Å²) in [6, 6.07) is -0.800. The highest BCUT2D eigenvalue weighted by Gasteiger charge is 2.24. The lowest BCUT2D eigenvalue weighted by Gasteiger charge is -2.30. The number of unbranched alkanes of at least 4 members (excludes halogenated alkanes) is 26. The van der Waals surface area contributed by atoms with Crippen LogP contribution in [-0.2, 0) is 18.4 Å². The molecule has 3 unspecified atom stereocenters. The van der Waals surface area contributed by atoms with E-state index in [4.69, 9.17) is 9.05 Å². The predicted molar refractivity (Wildman–Crippen MR) is 224 cm³/mol. The average Bonchev–Trinajstić information content (AvgIpc) is 3.10. The number of hydrogen-bond acceptors (Lipinski definition) is 6. The van der Waals surface area contributed by atoms with Crippen LogP contribution in [0.5, 0.6) is 0 Å². The number of phosphoric acid groups is 1. The van der Waals surface area contributed by atoms with Crippen molar-refractivity contribution in [2.75, 3.05) is 40.9 Å². The zero-order valence-corrected chi connectivity index (χ0v) is 36.6. The highest BCUT2D eigenvalue weighted by atomic mass is 31.2. The predicted octanol–water partition coefficient (Wildman–Crippen LogP) is 11.7. The molecule has 0 radical (unpaired) electrons. The lowest BCUT2D eigenvalue weighted by Crippen LogP contribution is -2.46. The van der Waals surface area contributed by atoms with Crippen LogP contribution in [0.2, 0.25) is 0 Å². The minimum Gasteiger partial charge on any atom is -0.756 e. The lowest BCUT2D eigenvalue weighted by atomic mass is 10.0. The first-order chi connectivity index (χ1) is 25.5. The fourth-order valence-electron chi connectivity index (χ4n) is 6.62. The maximum absolute atomic E-state index is 12.9. The van der Waals surface area contributed by atoms with Gasteiger partial charge in [-0.15, -0.1) is 0 Å². The summed E-state index contributed by atoms with van der Waals surface area (Å²) >= 11 is 0. The van der Waals surface area contributed by atoms with Crippen molar-refractivity contribution in [2.24, 2.45) is 0 Å². The molecule has 0 saturated heterocycles. The molecular formula is C44H89N2O6P. The monoisotopic (exact) mass is 773 g/mol. The van der Waals surface area contributed by atoms with Gasteiger partial charge in [0.15, 0.2) is 0 Å². The zero-order chi connectivity index (χ0) is 39.3. The van der Waals surface area contributed by atoms with E-state index in [-0.39, 0.29) is 19.1 Å². The Balaban J connectivity index is 4.36. The number of carbonyl (C=O) groups is 1. The number of amides is 1. The second kappa shape index (κ2) is 36.9. The molecule has 1 amide bonds. The molecule has 2 N–H and O–H groups in total. The largest absolute Gasteiger partial charge is 0.756 e. The second-order valence-electron chi connectivity index (χ2n) is 16.8. The Hall–Kier alpha value is -0.760. The molecule has 0 bridgehead atoms. The van der Waals surface area contributed by atoms with Crippen molar-refractivity contribution in [3.63, 3.8) is 0 Å². The summed E-state index contributed by atoms with van der Waals surface area (Å²) in [6.07, 6.45) is 40.6. The van der Waals surface area contributed by atoms with E-state index in [0.29, 0.717) is 23.9 Å². The number of hydrogen-bond donors (Lipinski definition) is 2. The first-order valence-electron chi connectivity index (χ1n) is 22.5. The Morgan fingerprint density at radius 3 is 1.47 bits per heavy atom. The number of rotatable bonds is 41. The summed E-state index contributed by atoms with van der Waals surface area (Å²) in [5.41, 5.74) is 0. The highest BCUT2D eigenvalue weighted by Crippen LogP contribution is 2.38. The first-order valence-corrected chi connectivity index (χ1v) is 24.0. The minimum absolute atomic E-state index is 0.0124. The van der Waals surface area contributed by atoms with Crippen molar-refractivity contribution in [2.45, 2.75) is 225 Å². The minimum atomic E-state index is -4.56. The van der Waals surface area contributed by atoms with E-state index in [1.54, 1.807) is 0 Å². The number of aliphatic hydroxyl groups is 1. The number of aliphatic hydroxyl groups excluding tert-OH is 1. The summed E-state index contributed by atoms with van der Waals surface area (Å²) in [5.74, 6) is -0.172. The molecular weight excluding hydrogens is 683 g/mol. The molecule has 0 fully saturated rings. The maximum Gasteiger partial charge on any atom is 0.268 e. The van der Waals surface area contributed by atoms with Crippen LogP contribution in [0, 0.1) is 0 Å². The Labute approximate surface area is 329 Å². The van der Waals surface area contributed by atoms with Crippen LogP contribution >= 0.6 is 7.82 Å². The van der Waals surface area contributed by atoms with Gasteiger partial charge in [-0.1, -0.05) is 180 Å². The molecule has 0 aliphatic rings. The lowest BCUT2D eigenvalue weighted by molar-refractivity contribution is -0.870. The summed E-state index contributed by atoms with van der Waals surface area (Å²) in [6.45, 7) is 4.72. The smallest absolute Gasteiger partial charge is 0.268 e. The van der Waals surface area contributed by atoms with Crippen molar-refractivity contribution in [1.82, 2.24) is 5.32 Å². The van der Waals surface area contributed by atoms with Crippen LogP contribution in [0.3, 0.4) is 0 Å². The molecule has 0 aromatic rings. The molecule has 0 rings (SSSR count). The van der Waals surface area contributed by atoms with E-state index in [0.717, 1.165) is 51.4 Å². The molecule has 0 heterocycles. The molecule has 0 aliphatic carbocycles. The van der Waals surface area contributed by atoms with Crippen molar-refractivity contribution in [1.29, 1.82) is 0 Å². The fraction of sp³-hybridized carbons (Fsp3) is 0.932. The number of phosphoric ester groups is 1. The molecule has 3 atom stereocenters. The quantitative estimate of drug-likeness (QED) is 0.0277. The molecule has 0 aromatic carbocycles. The van der Waals surface area contributed by atoms with Gasteiger partial charge in [0.05, 0.1) is 39.9 Å². The third-order valence-electron chi connectivity index (χ3n) is 10.3. The van der Waals surface area contributed by atoms with Gasteiger partial charge in [0.2, 0.25) is 5.91 Å². The van der Waals surface area contributed by atoms with Crippen molar-refractivity contribution in [3.05, 3.63) is 12.2 Å².